The third kappa shape index (κ3) is 2.64. The molecule has 1 aromatic heterocycles. The molecule has 6 nitrogen and oxygen atoms in total. The van der Waals surface area contributed by atoms with Crippen LogP contribution >= 0.6 is 0 Å². The van der Waals surface area contributed by atoms with Crippen LogP contribution in [0.2, 0.25) is 0 Å². The molecule has 0 unspecified atom stereocenters. The number of nitrogens with one attached hydrogen (secondary N) is 1. The Morgan fingerprint density at radius 3 is 2.80 bits per heavy atom. The van der Waals surface area contributed by atoms with Gasteiger partial charge in [-0.15, -0.1) is 0 Å². The average Bonchev–Trinajstić information content (AvgIpc) is 2.88. The van der Waals surface area contributed by atoms with Gasteiger partial charge in [0, 0.05) is 13.1 Å². The van der Waals surface area contributed by atoms with E-state index in [0.717, 1.165) is 16.7 Å². The van der Waals surface area contributed by atoms with Crippen LogP contribution in [0.4, 0.5) is 0 Å². The number of ether oxygens (including phenoxy) is 1. The Kier molecular flexibility index (Phi) is 3.39. The molecule has 1 aliphatic rings. The second-order valence-corrected chi connectivity index (χ2v) is 7.05. The van der Waals surface area contributed by atoms with Crippen molar-refractivity contribution in [2.24, 2.45) is 0 Å². The summed E-state index contributed by atoms with van der Waals surface area (Å²) in [4.78, 5) is 0. The fourth-order valence-corrected chi connectivity index (χ4v) is 3.38. The maximum absolute atomic E-state index is 11.5. The fraction of sp³-hybridized carbons (Fsp3) is 0.462. The highest BCUT2D eigenvalue weighted by molar-refractivity contribution is 7.88. The molecule has 2 aromatic rings. The molecule has 20 heavy (non-hydrogen) atoms. The minimum atomic E-state index is -3.09. The number of fused-ring (bicyclic) bond motifs is 1. The van der Waals surface area contributed by atoms with E-state index in [0.29, 0.717) is 25.9 Å². The van der Waals surface area contributed by atoms with Crippen LogP contribution in [0.15, 0.2) is 24.4 Å². The Morgan fingerprint density at radius 1 is 1.35 bits per heavy atom. The van der Waals surface area contributed by atoms with Crippen molar-refractivity contribution in [3.63, 3.8) is 0 Å². The molecule has 0 spiro atoms. The molecular formula is C13H17N3O3S. The van der Waals surface area contributed by atoms with Gasteiger partial charge in [0.15, 0.2) is 0 Å². The summed E-state index contributed by atoms with van der Waals surface area (Å²) in [6.45, 7) is 1.04. The Balaban J connectivity index is 1.70. The lowest BCUT2D eigenvalue weighted by molar-refractivity contribution is 0.137. The maximum atomic E-state index is 11.5. The van der Waals surface area contributed by atoms with E-state index in [4.69, 9.17) is 4.74 Å². The zero-order chi connectivity index (χ0) is 14.2. The number of rotatable bonds is 3. The van der Waals surface area contributed by atoms with Crippen LogP contribution in [0, 0.1) is 0 Å². The van der Waals surface area contributed by atoms with Crippen LogP contribution in [-0.2, 0) is 10.0 Å². The molecule has 108 valence electrons. The zero-order valence-corrected chi connectivity index (χ0v) is 12.1. The number of H-pyrrole nitrogens is 1. The van der Waals surface area contributed by atoms with Crippen LogP contribution in [-0.4, -0.2) is 48.4 Å². The van der Waals surface area contributed by atoms with Gasteiger partial charge in [0.05, 0.1) is 23.4 Å². The first-order chi connectivity index (χ1) is 9.54. The SMILES string of the molecule is CS(=O)(=O)N1CCC(Oc2cccc3[nH]ncc23)CC1. The summed E-state index contributed by atoms with van der Waals surface area (Å²) in [7, 11) is -3.09. The molecule has 0 aliphatic carbocycles. The monoisotopic (exact) mass is 295 g/mol. The number of sulfonamides is 1. The first-order valence-corrected chi connectivity index (χ1v) is 8.43. The summed E-state index contributed by atoms with van der Waals surface area (Å²) >= 11 is 0. The van der Waals surface area contributed by atoms with Crippen LogP contribution < -0.4 is 4.74 Å². The standard InChI is InChI=1S/C13H17N3O3S/c1-20(17,18)16-7-5-10(6-8-16)19-13-4-2-3-12-11(13)9-14-15-12/h2-4,9-10H,5-8H2,1H3,(H,14,15). The van der Waals surface area contributed by atoms with Crippen molar-refractivity contribution in [1.29, 1.82) is 0 Å². The number of hydrogen-bond acceptors (Lipinski definition) is 4. The first kappa shape index (κ1) is 13.4. The van der Waals surface area contributed by atoms with E-state index in [9.17, 15) is 8.42 Å². The first-order valence-electron chi connectivity index (χ1n) is 6.58. The topological polar surface area (TPSA) is 75.3 Å². The number of benzene rings is 1. The van der Waals surface area contributed by atoms with Crippen molar-refractivity contribution < 1.29 is 13.2 Å². The number of nitrogens with zero attached hydrogens (tertiary/aromatic N) is 2. The number of aromatic amines is 1. The van der Waals surface area contributed by atoms with Gasteiger partial charge < -0.3 is 4.74 Å². The van der Waals surface area contributed by atoms with Crippen molar-refractivity contribution in [1.82, 2.24) is 14.5 Å². The molecule has 0 radical (unpaired) electrons. The van der Waals surface area contributed by atoms with E-state index < -0.39 is 10.0 Å². The summed E-state index contributed by atoms with van der Waals surface area (Å²) in [5.41, 5.74) is 0.941. The highest BCUT2D eigenvalue weighted by Gasteiger charge is 2.26. The molecule has 0 amide bonds. The summed E-state index contributed by atoms with van der Waals surface area (Å²) in [5, 5.41) is 7.87. The molecule has 3 rings (SSSR count). The Labute approximate surface area is 117 Å². The smallest absolute Gasteiger partial charge is 0.211 e. The normalized spacial score (nSPS) is 18.4. The highest BCUT2D eigenvalue weighted by atomic mass is 32.2. The molecule has 0 atom stereocenters. The third-order valence-electron chi connectivity index (χ3n) is 3.61. The number of aromatic nitrogens is 2. The van der Waals surface area contributed by atoms with Gasteiger partial charge in [-0.05, 0) is 25.0 Å². The number of hydrogen-bond donors (Lipinski definition) is 1. The van der Waals surface area contributed by atoms with Crippen molar-refractivity contribution >= 4 is 20.9 Å². The van der Waals surface area contributed by atoms with Gasteiger partial charge in [-0.3, -0.25) is 5.10 Å². The second-order valence-electron chi connectivity index (χ2n) is 5.07. The van der Waals surface area contributed by atoms with Crippen LogP contribution in [0.1, 0.15) is 12.8 Å². The average molecular weight is 295 g/mol. The van der Waals surface area contributed by atoms with Gasteiger partial charge in [-0.25, -0.2) is 12.7 Å². The van der Waals surface area contributed by atoms with Gasteiger partial charge in [0.2, 0.25) is 10.0 Å². The second kappa shape index (κ2) is 5.06. The molecule has 1 N–H and O–H groups in total. The Bertz CT molecular complexity index is 702. The van der Waals surface area contributed by atoms with E-state index in [1.54, 1.807) is 6.20 Å². The highest BCUT2D eigenvalue weighted by Crippen LogP contribution is 2.27. The Hall–Kier alpha value is -1.60. The zero-order valence-electron chi connectivity index (χ0n) is 11.2. The molecule has 0 saturated carbocycles. The van der Waals surface area contributed by atoms with Gasteiger partial charge in [0.1, 0.15) is 11.9 Å². The van der Waals surface area contributed by atoms with Gasteiger partial charge in [-0.1, -0.05) is 6.07 Å². The van der Waals surface area contributed by atoms with Crippen molar-refractivity contribution in [3.05, 3.63) is 24.4 Å². The van der Waals surface area contributed by atoms with Crippen LogP contribution in [0.3, 0.4) is 0 Å². The molecule has 1 fully saturated rings. The molecule has 0 bridgehead atoms. The van der Waals surface area contributed by atoms with Crippen LogP contribution in [0.5, 0.6) is 5.75 Å². The van der Waals surface area contributed by atoms with E-state index >= 15 is 0 Å². The Morgan fingerprint density at radius 2 is 2.10 bits per heavy atom. The predicted molar refractivity (Wildman–Crippen MR) is 76.2 cm³/mol. The number of piperidine rings is 1. The van der Waals surface area contributed by atoms with E-state index in [-0.39, 0.29) is 6.10 Å². The van der Waals surface area contributed by atoms with E-state index in [1.807, 2.05) is 18.2 Å². The van der Waals surface area contributed by atoms with Gasteiger partial charge in [-0.2, -0.15) is 5.10 Å². The predicted octanol–water partition coefficient (Wildman–Crippen LogP) is 1.37. The lowest BCUT2D eigenvalue weighted by atomic mass is 10.1. The van der Waals surface area contributed by atoms with Crippen molar-refractivity contribution in [3.8, 4) is 5.75 Å². The van der Waals surface area contributed by atoms with E-state index in [2.05, 4.69) is 10.2 Å². The fourth-order valence-electron chi connectivity index (χ4n) is 2.50. The summed E-state index contributed by atoms with van der Waals surface area (Å²) < 4.78 is 30.4. The third-order valence-corrected chi connectivity index (χ3v) is 4.91. The molecule has 1 saturated heterocycles. The maximum Gasteiger partial charge on any atom is 0.211 e. The summed E-state index contributed by atoms with van der Waals surface area (Å²) in [6, 6.07) is 5.78. The molecule has 2 heterocycles. The molecule has 1 aliphatic heterocycles. The molecule has 1 aromatic carbocycles. The lowest BCUT2D eigenvalue weighted by Crippen LogP contribution is -2.41. The minimum absolute atomic E-state index is 0.0495. The van der Waals surface area contributed by atoms with Crippen molar-refractivity contribution in [2.45, 2.75) is 18.9 Å². The summed E-state index contributed by atoms with van der Waals surface area (Å²) in [6.07, 6.45) is 4.47. The lowest BCUT2D eigenvalue weighted by Gasteiger charge is -2.30. The van der Waals surface area contributed by atoms with E-state index in [1.165, 1.54) is 10.6 Å². The minimum Gasteiger partial charge on any atom is -0.490 e. The molecular weight excluding hydrogens is 278 g/mol. The van der Waals surface area contributed by atoms with Crippen LogP contribution in [0.25, 0.3) is 10.9 Å². The van der Waals surface area contributed by atoms with Crippen molar-refractivity contribution in [2.75, 3.05) is 19.3 Å². The largest absolute Gasteiger partial charge is 0.490 e. The molecule has 7 heteroatoms. The van der Waals surface area contributed by atoms with Gasteiger partial charge in [0.25, 0.3) is 0 Å². The summed E-state index contributed by atoms with van der Waals surface area (Å²) in [5.74, 6) is 0.800. The van der Waals surface area contributed by atoms with Gasteiger partial charge >= 0.3 is 0 Å². The quantitative estimate of drug-likeness (QED) is 0.928.